The van der Waals surface area contributed by atoms with Gasteiger partial charge in [-0.15, -0.1) is 0 Å². The summed E-state index contributed by atoms with van der Waals surface area (Å²) in [5.41, 5.74) is 21.6. The molecule has 5 aromatic heterocycles. The van der Waals surface area contributed by atoms with E-state index in [9.17, 15) is 24.3 Å². The summed E-state index contributed by atoms with van der Waals surface area (Å²) < 4.78 is 37.5. The summed E-state index contributed by atoms with van der Waals surface area (Å²) in [4.78, 5) is 103. The Kier molecular flexibility index (Phi) is 30.7. The number of methoxy groups -OCH3 is 5. The average Bonchev–Trinajstić information content (AvgIpc) is 1.63. The van der Waals surface area contributed by atoms with Crippen LogP contribution in [0.5, 0.6) is 11.6 Å². The van der Waals surface area contributed by atoms with Crippen molar-refractivity contribution in [2.75, 3.05) is 213 Å². The predicted octanol–water partition coefficient (Wildman–Crippen LogP) is 9.22. The molecule has 3 fully saturated rings. The zero-order chi connectivity index (χ0) is 88.3. The fourth-order valence-electron chi connectivity index (χ4n) is 16.6. The molecular formula is C94H114N20O12. The molecule has 32 nitrogen and oxygen atoms in total. The second kappa shape index (κ2) is 42.8. The van der Waals surface area contributed by atoms with E-state index in [1.165, 1.54) is 0 Å². The number of pyridine rings is 2. The van der Waals surface area contributed by atoms with Gasteiger partial charge in [0.25, 0.3) is 0 Å². The lowest BCUT2D eigenvalue weighted by molar-refractivity contribution is -0.124. The number of nitrogens with one attached hydrogen (secondary N) is 6. The van der Waals surface area contributed by atoms with Crippen molar-refractivity contribution in [2.45, 2.75) is 71.0 Å². The van der Waals surface area contributed by atoms with Gasteiger partial charge in [-0.1, -0.05) is 60.7 Å². The highest BCUT2D eigenvalue weighted by atomic mass is 16.5. The summed E-state index contributed by atoms with van der Waals surface area (Å²) >= 11 is 0. The third kappa shape index (κ3) is 21.9. The average molecular weight is 1720 g/mol. The molecule has 0 unspecified atom stereocenters. The molecule has 9 heterocycles. The van der Waals surface area contributed by atoms with E-state index in [1.54, 1.807) is 72.5 Å². The van der Waals surface area contributed by atoms with Gasteiger partial charge in [0.15, 0.2) is 0 Å². The number of nitrogens with zero attached hydrogens (tertiary/aromatic N) is 14. The first-order valence-corrected chi connectivity index (χ1v) is 42.8. The molecule has 3 atom stereocenters. The fraction of sp³-hybridized carbons (Fsp3) is 0.404. The first-order valence-electron chi connectivity index (χ1n) is 42.8. The van der Waals surface area contributed by atoms with E-state index in [0.717, 1.165) is 196 Å². The first-order chi connectivity index (χ1) is 61.3. The van der Waals surface area contributed by atoms with Crippen molar-refractivity contribution in [1.82, 2.24) is 69.3 Å². The molecule has 4 aromatic carbocycles. The maximum atomic E-state index is 13.5. The van der Waals surface area contributed by atoms with Crippen LogP contribution in [0.25, 0.3) is 16.7 Å². The number of aliphatic hydroxyl groups excluding tert-OH is 1. The summed E-state index contributed by atoms with van der Waals surface area (Å²) in [5, 5.41) is 28.6. The number of allylic oxidation sites excluding steroid dienone is 3. The molecule has 3 aliphatic carbocycles. The number of esters is 1. The summed E-state index contributed by atoms with van der Waals surface area (Å²) in [6.45, 7) is 18.9. The minimum atomic E-state index is -0.350. The van der Waals surface area contributed by atoms with Crippen molar-refractivity contribution in [1.29, 1.82) is 0 Å². The molecule has 0 bridgehead atoms. The number of rotatable bonds is 31. The molecule has 7 N–H and O–H groups in total. The van der Waals surface area contributed by atoms with Crippen molar-refractivity contribution in [3.63, 3.8) is 0 Å². The first kappa shape index (κ1) is 90.3. The van der Waals surface area contributed by atoms with E-state index in [1.807, 2.05) is 87.6 Å². The number of cyclic esters (lactones) is 1. The number of hydrogen-bond donors (Lipinski definition) is 7. The van der Waals surface area contributed by atoms with Crippen LogP contribution in [0.2, 0.25) is 0 Å². The Morgan fingerprint density at radius 2 is 0.873 bits per heavy atom. The van der Waals surface area contributed by atoms with Crippen LogP contribution in [0.3, 0.4) is 0 Å². The number of piperazine rings is 3. The minimum Gasteiger partial charge on any atom is -0.495 e. The minimum absolute atomic E-state index is 0.00739. The quantitative estimate of drug-likeness (QED) is 0.0157. The molecule has 7 aliphatic rings. The summed E-state index contributed by atoms with van der Waals surface area (Å²) in [5.74, 6) is 1.99. The third-order valence-corrected chi connectivity index (χ3v) is 23.7. The standard InChI is InChI=1S/C32H36N6O4.2C31H39N7O4/c1-20-18-33-32(34-22-8-7-21-11-16-42-31(40)26(21)17-22)36-29(20)25-10-9-24-23(25)5-4-6-27(24)35-30(39)28(19-41-3)38-14-12-37(2)13-15-38;1-21-18-33-31(34-22-8-11-28(32-19-22)42-17-16-40-3)36-29(21)25-10-9-24-23(25)6-5-7-26(24)35-30(39)27(20-41-4)38-14-12-37(2)13-15-38;1-20-17-33-31(34-21-16-28(42-4)26(10-15-39)32-18-21)36-29(20)24-9-8-23-22(24)6-5-7-25(23)35-30(40)27(19-41-3)38-13-11-37(2)12-14-38/h4-8,10,17-18,28H,9,11-16,19H2,1-3H3,(H,35,39)(H,33,34,36);5-8,10-11,18-19,27H,9,12-17,20H2,1-4H3,(H,35,39)(H,33,34,36);5-7,9,16-18,27,39H,8,10-15,19H2,1-4H3,(H,35,40)(H,33,34,36)/t28-;2*27-/m111/s1. The Labute approximate surface area is 735 Å². The number of amides is 3. The van der Waals surface area contributed by atoms with Gasteiger partial charge in [-0.3, -0.25) is 34.1 Å². The second-order valence-corrected chi connectivity index (χ2v) is 32.2. The number of ether oxygens (including phenoxy) is 7. The maximum Gasteiger partial charge on any atom is 0.338 e. The van der Waals surface area contributed by atoms with Gasteiger partial charge in [-0.05, 0) is 153 Å². The summed E-state index contributed by atoms with van der Waals surface area (Å²) in [6, 6.07) is 28.1. The Hall–Kier alpha value is -11.9. The van der Waals surface area contributed by atoms with Crippen LogP contribution in [0.4, 0.5) is 52.0 Å². The number of benzene rings is 4. The molecule has 3 saturated heterocycles. The van der Waals surface area contributed by atoms with Crippen molar-refractivity contribution >= 4 is 92.4 Å². The topological polar surface area (TPSA) is 348 Å². The number of fused-ring (bicyclic) bond motifs is 4. The van der Waals surface area contributed by atoms with Crippen LogP contribution in [-0.4, -0.2) is 298 Å². The van der Waals surface area contributed by atoms with Gasteiger partial charge >= 0.3 is 5.97 Å². The molecule has 0 spiro atoms. The summed E-state index contributed by atoms with van der Waals surface area (Å²) in [7, 11) is 14.4. The number of carbonyl (C=O) groups excluding carboxylic acids is 4. The lowest BCUT2D eigenvalue weighted by Crippen LogP contribution is -2.54. The number of aromatic nitrogens is 8. The van der Waals surface area contributed by atoms with Crippen LogP contribution in [-0.2, 0) is 70.2 Å². The van der Waals surface area contributed by atoms with Gasteiger partial charge < -0.3 is 84.9 Å². The number of likely N-dealkylation sites (N-methyl/N-ethyl adjacent to an activating group) is 3. The van der Waals surface area contributed by atoms with Gasteiger partial charge in [-0.25, -0.2) is 39.7 Å². The van der Waals surface area contributed by atoms with Gasteiger partial charge in [-0.2, -0.15) is 0 Å². The van der Waals surface area contributed by atoms with E-state index < -0.39 is 0 Å². The number of carbonyl (C=O) groups is 4. The molecule has 16 rings (SSSR count). The van der Waals surface area contributed by atoms with E-state index in [4.69, 9.17) is 48.1 Å². The lowest BCUT2D eigenvalue weighted by atomic mass is 9.99. The van der Waals surface area contributed by atoms with E-state index in [-0.39, 0.29) is 48.4 Å². The lowest BCUT2D eigenvalue weighted by Gasteiger charge is -2.36. The number of hydrogen-bond acceptors (Lipinski definition) is 29. The Morgan fingerprint density at radius 1 is 0.460 bits per heavy atom. The fourth-order valence-corrected chi connectivity index (χ4v) is 16.6. The van der Waals surface area contributed by atoms with Crippen LogP contribution >= 0.6 is 0 Å². The monoisotopic (exact) mass is 1710 g/mol. The van der Waals surface area contributed by atoms with Crippen molar-refractivity contribution in [3.8, 4) is 11.6 Å². The highest BCUT2D eigenvalue weighted by Crippen LogP contribution is 2.42. The van der Waals surface area contributed by atoms with Crippen molar-refractivity contribution < 1.29 is 57.4 Å². The van der Waals surface area contributed by atoms with Gasteiger partial charge in [0.1, 0.15) is 30.5 Å². The molecule has 3 amide bonds. The Bertz CT molecular complexity index is 5460. The molecule has 9 aromatic rings. The zero-order valence-corrected chi connectivity index (χ0v) is 73.7. The SMILES string of the molecule is COCCOc1ccc(Nc2ncc(C)c(C3=CCc4c(NC(=O)[C@@H](COC)N5CCN(C)CC5)cccc43)n2)cn1.COC[C@H](C(=O)Nc1cccc2c1CC=C2c1nc(Nc2ccc3c(c2)C(=O)OCC3)ncc1C)N1CCN(C)CC1.COC[C@H](C(=O)Nc1cccc2c1CC=C2c1nc(Nc2cnc(CCO)c(OC)c2)ncc1C)N1CCN(C)CC1. The smallest absolute Gasteiger partial charge is 0.338 e. The molecule has 126 heavy (non-hydrogen) atoms. The predicted molar refractivity (Wildman–Crippen MR) is 486 cm³/mol. The van der Waals surface area contributed by atoms with E-state index in [0.29, 0.717) is 118 Å². The van der Waals surface area contributed by atoms with Crippen LogP contribution in [0.15, 0.2) is 140 Å². The van der Waals surface area contributed by atoms with E-state index >= 15 is 0 Å². The highest BCUT2D eigenvalue weighted by molar-refractivity contribution is 6.01. The summed E-state index contributed by atoms with van der Waals surface area (Å²) in [6.07, 6.45) is 18.4. The van der Waals surface area contributed by atoms with Crippen LogP contribution < -0.4 is 41.4 Å². The molecule has 662 valence electrons. The molecule has 4 aliphatic heterocycles. The largest absolute Gasteiger partial charge is 0.495 e. The second-order valence-electron chi connectivity index (χ2n) is 32.2. The van der Waals surface area contributed by atoms with Crippen molar-refractivity contribution in [3.05, 3.63) is 224 Å². The highest BCUT2D eigenvalue weighted by Gasteiger charge is 2.35. The van der Waals surface area contributed by atoms with Gasteiger partial charge in [0.2, 0.25) is 41.4 Å². The zero-order valence-electron chi connectivity index (χ0n) is 73.7. The van der Waals surface area contributed by atoms with Crippen molar-refractivity contribution in [2.24, 2.45) is 0 Å². The van der Waals surface area contributed by atoms with Crippen LogP contribution in [0, 0.1) is 20.8 Å². The van der Waals surface area contributed by atoms with Gasteiger partial charge in [0, 0.05) is 197 Å². The molecule has 0 radical (unpaired) electrons. The third-order valence-electron chi connectivity index (χ3n) is 23.7. The van der Waals surface area contributed by atoms with E-state index in [2.05, 4.69) is 144 Å². The molecular weight excluding hydrogens is 1600 g/mol. The van der Waals surface area contributed by atoms with Crippen LogP contribution in [0.1, 0.15) is 88.8 Å². The maximum absolute atomic E-state index is 13.5. The van der Waals surface area contributed by atoms with Gasteiger partial charge in [0.05, 0.1) is 92.3 Å². The molecule has 32 heteroatoms. The number of aryl methyl sites for hydroxylation is 3. The number of aliphatic hydroxyl groups is 1. The Morgan fingerprint density at radius 3 is 1.27 bits per heavy atom. The molecule has 0 saturated carbocycles. The normalized spacial score (nSPS) is 16.6. The number of anilines is 9. The Balaban J connectivity index is 0.000000153.